The predicted octanol–water partition coefficient (Wildman–Crippen LogP) is 4.66. The summed E-state index contributed by atoms with van der Waals surface area (Å²) in [6, 6.07) is 0. The number of allylic oxidation sites excluding steroid dienone is 2. The maximum atomic E-state index is 13.7. The van der Waals surface area contributed by atoms with E-state index in [1.54, 1.807) is 13.8 Å². The van der Waals surface area contributed by atoms with E-state index in [0.717, 1.165) is 0 Å². The Balaban J connectivity index is 2.62. The molecule has 0 aromatic carbocycles. The highest BCUT2D eigenvalue weighted by Crippen LogP contribution is 2.67. The van der Waals surface area contributed by atoms with Gasteiger partial charge in [-0.25, -0.2) is 0 Å². The first-order chi connectivity index (χ1) is 10.0. The van der Waals surface area contributed by atoms with Crippen molar-refractivity contribution in [1.82, 2.24) is 0 Å². The van der Waals surface area contributed by atoms with Gasteiger partial charge >= 0.3 is 18.0 Å². The zero-order valence-corrected chi connectivity index (χ0v) is 12.5. The summed E-state index contributed by atoms with van der Waals surface area (Å²) in [5.41, 5.74) is -3.10. The molecule has 0 aromatic heterocycles. The summed E-state index contributed by atoms with van der Waals surface area (Å²) in [5.74, 6) is -16.8. The number of carbonyl (C=O) groups excluding carboxylic acids is 1. The second kappa shape index (κ2) is 4.42. The number of rotatable bonds is 2. The third kappa shape index (κ3) is 1.91. The zero-order valence-electron chi connectivity index (χ0n) is 12.5. The van der Waals surface area contributed by atoms with Crippen molar-refractivity contribution < 1.29 is 40.6 Å². The molecule has 0 spiro atoms. The van der Waals surface area contributed by atoms with Crippen LogP contribution in [0, 0.1) is 16.7 Å². The van der Waals surface area contributed by atoms with Gasteiger partial charge < -0.3 is 5.11 Å². The summed E-state index contributed by atoms with van der Waals surface area (Å²) in [4.78, 5) is 12.3. The van der Waals surface area contributed by atoms with E-state index in [2.05, 4.69) is 0 Å². The van der Waals surface area contributed by atoms with Gasteiger partial charge in [-0.1, -0.05) is 20.8 Å². The van der Waals surface area contributed by atoms with Crippen molar-refractivity contribution in [3.8, 4) is 0 Å². The minimum atomic E-state index is -6.56. The van der Waals surface area contributed by atoms with E-state index >= 15 is 0 Å². The second-order valence-electron chi connectivity index (χ2n) is 6.88. The van der Waals surface area contributed by atoms with Gasteiger partial charge in [-0.05, 0) is 24.2 Å². The third-order valence-corrected chi connectivity index (χ3v) is 5.62. The molecule has 0 saturated heterocycles. The van der Waals surface area contributed by atoms with Crippen LogP contribution in [0.2, 0.25) is 0 Å². The van der Waals surface area contributed by atoms with Gasteiger partial charge in [0.1, 0.15) is 0 Å². The van der Waals surface area contributed by atoms with Gasteiger partial charge in [0.25, 0.3) is 0 Å². The van der Waals surface area contributed by atoms with E-state index in [4.69, 9.17) is 0 Å². The van der Waals surface area contributed by atoms with Crippen LogP contribution in [0.4, 0.5) is 30.7 Å². The van der Waals surface area contributed by atoms with E-state index in [0.29, 0.717) is 6.42 Å². The molecule has 2 rings (SSSR count). The second-order valence-corrected chi connectivity index (χ2v) is 6.88. The van der Waals surface area contributed by atoms with Gasteiger partial charge in [0.15, 0.2) is 11.5 Å². The largest absolute Gasteiger partial charge is 0.506 e. The average Bonchev–Trinajstić information content (AvgIpc) is 2.68. The lowest BCUT2D eigenvalue weighted by molar-refractivity contribution is -0.349. The van der Waals surface area contributed by atoms with Gasteiger partial charge in [0.05, 0.1) is 0 Å². The fraction of sp³-hybridized carbons (Fsp3) is 0.786. The van der Waals surface area contributed by atoms with Crippen LogP contribution in [-0.2, 0) is 4.79 Å². The Kier molecular flexibility index (Phi) is 3.47. The van der Waals surface area contributed by atoms with Gasteiger partial charge in [0.2, 0.25) is 0 Å². The smallest absolute Gasteiger partial charge is 0.460 e. The van der Waals surface area contributed by atoms with E-state index in [1.807, 2.05) is 0 Å². The Hall–Kier alpha value is -1.28. The lowest BCUT2D eigenvalue weighted by Crippen LogP contribution is -2.53. The molecule has 1 N–H and O–H groups in total. The highest BCUT2D eigenvalue weighted by molar-refractivity contribution is 6.05. The Morgan fingerprint density at radius 1 is 1.09 bits per heavy atom. The molecule has 0 aliphatic heterocycles. The Bertz CT molecular complexity index is 588. The average molecular weight is 348 g/mol. The topological polar surface area (TPSA) is 37.3 Å². The predicted molar refractivity (Wildman–Crippen MR) is 65.2 cm³/mol. The normalized spacial score (nSPS) is 33.3. The van der Waals surface area contributed by atoms with Crippen molar-refractivity contribution in [2.75, 3.05) is 0 Å². The van der Waals surface area contributed by atoms with Gasteiger partial charge in [0, 0.05) is 11.0 Å². The molecule has 2 atom stereocenters. The van der Waals surface area contributed by atoms with Gasteiger partial charge in [-0.3, -0.25) is 4.79 Å². The number of ketones is 1. The zero-order chi connectivity index (χ0) is 18.2. The molecule has 132 valence electrons. The number of carbonyl (C=O) groups is 1. The van der Waals surface area contributed by atoms with Crippen molar-refractivity contribution in [2.45, 2.75) is 51.6 Å². The number of fused-ring (bicyclic) bond motifs is 2. The van der Waals surface area contributed by atoms with E-state index < -0.39 is 51.9 Å². The quantitative estimate of drug-likeness (QED) is 0.448. The molecule has 0 heterocycles. The van der Waals surface area contributed by atoms with Crippen LogP contribution >= 0.6 is 0 Å². The molecule has 2 saturated carbocycles. The number of alkyl halides is 7. The maximum Gasteiger partial charge on any atom is 0.460 e. The van der Waals surface area contributed by atoms with Crippen LogP contribution in [0.5, 0.6) is 0 Å². The molecule has 1 unspecified atom stereocenters. The molecule has 0 radical (unpaired) electrons. The number of hydrogen-bond donors (Lipinski definition) is 1. The number of Topliss-reactive ketones (excluding diaryl/α,β-unsaturated/α-hetero) is 1. The number of aliphatic hydroxyl groups excluding tert-OH is 1. The van der Waals surface area contributed by atoms with Crippen LogP contribution in [0.1, 0.15) is 33.6 Å². The van der Waals surface area contributed by atoms with Crippen LogP contribution in [-0.4, -0.2) is 28.9 Å². The highest BCUT2D eigenvalue weighted by atomic mass is 19.4. The molecule has 2 fully saturated rings. The van der Waals surface area contributed by atoms with Crippen LogP contribution in [0.15, 0.2) is 11.3 Å². The summed E-state index contributed by atoms with van der Waals surface area (Å²) in [7, 11) is 0. The summed E-state index contributed by atoms with van der Waals surface area (Å²) in [6.07, 6.45) is -6.12. The molecule has 9 heteroatoms. The van der Waals surface area contributed by atoms with Crippen molar-refractivity contribution in [1.29, 1.82) is 0 Å². The van der Waals surface area contributed by atoms with Crippen LogP contribution in [0.25, 0.3) is 0 Å². The Morgan fingerprint density at radius 2 is 1.57 bits per heavy atom. The Morgan fingerprint density at radius 3 is 1.91 bits per heavy atom. The first kappa shape index (κ1) is 18.1. The summed E-state index contributed by atoms with van der Waals surface area (Å²) >= 11 is 0. The fourth-order valence-corrected chi connectivity index (χ4v) is 3.64. The minimum Gasteiger partial charge on any atom is -0.506 e. The number of aliphatic hydroxyl groups is 1. The van der Waals surface area contributed by atoms with Gasteiger partial charge in [-0.2, -0.15) is 30.7 Å². The molecule has 0 aromatic rings. The summed E-state index contributed by atoms with van der Waals surface area (Å²) in [6.45, 7) is 4.53. The number of hydrogen-bond acceptors (Lipinski definition) is 2. The van der Waals surface area contributed by atoms with E-state index in [9.17, 15) is 40.6 Å². The molecular weight excluding hydrogens is 333 g/mol. The van der Waals surface area contributed by atoms with Crippen molar-refractivity contribution in [2.24, 2.45) is 16.7 Å². The lowest BCUT2D eigenvalue weighted by atomic mass is 9.70. The fourth-order valence-electron chi connectivity index (χ4n) is 3.64. The molecule has 2 aliphatic carbocycles. The minimum absolute atomic E-state index is 0.155. The van der Waals surface area contributed by atoms with E-state index in [1.165, 1.54) is 6.92 Å². The molecule has 2 aliphatic rings. The third-order valence-electron chi connectivity index (χ3n) is 5.62. The van der Waals surface area contributed by atoms with Crippen LogP contribution in [0.3, 0.4) is 0 Å². The standard InChI is InChI=1S/C14H15F7O2/c1-10(2)6-4-5-11(10,3)8(22)7(6)9(23)12(15,16)13(17,18)14(19,20)21/h6,23H,4-5H2,1-3H3/b9-7-/t6?,11-/m0/s1. The Labute approximate surface area is 127 Å². The molecule has 2 bridgehead atoms. The lowest BCUT2D eigenvalue weighted by Gasteiger charge is -2.31. The SMILES string of the molecule is CC1(C)C2CC[C@@]1(C)C(=O)/C2=C(\O)C(F)(F)C(F)(F)C(F)(F)F. The highest BCUT2D eigenvalue weighted by Gasteiger charge is 2.76. The van der Waals surface area contributed by atoms with Gasteiger partial charge in [-0.15, -0.1) is 0 Å². The van der Waals surface area contributed by atoms with Crippen molar-refractivity contribution in [3.63, 3.8) is 0 Å². The monoisotopic (exact) mass is 348 g/mol. The first-order valence-corrected chi connectivity index (χ1v) is 6.84. The van der Waals surface area contributed by atoms with Crippen LogP contribution < -0.4 is 0 Å². The molecular formula is C14H15F7O2. The first-order valence-electron chi connectivity index (χ1n) is 6.84. The molecule has 23 heavy (non-hydrogen) atoms. The maximum absolute atomic E-state index is 13.7. The number of halogens is 7. The summed E-state index contributed by atoms with van der Waals surface area (Å²) < 4.78 is 90.3. The molecule has 2 nitrogen and oxygen atoms in total. The summed E-state index contributed by atoms with van der Waals surface area (Å²) in [5, 5.41) is 9.54. The van der Waals surface area contributed by atoms with Crippen molar-refractivity contribution >= 4 is 5.78 Å². The van der Waals surface area contributed by atoms with Crippen molar-refractivity contribution in [3.05, 3.63) is 11.3 Å². The molecule has 0 amide bonds. The van der Waals surface area contributed by atoms with E-state index in [-0.39, 0.29) is 6.42 Å².